The molecule has 0 aliphatic carbocycles. The maximum atomic E-state index is 12.5. The van der Waals surface area contributed by atoms with Crippen LogP contribution in [0.25, 0.3) is 0 Å². The topological polar surface area (TPSA) is 74.2 Å². The molecule has 32 heavy (non-hydrogen) atoms. The maximum absolute atomic E-state index is 12.5. The zero-order chi connectivity index (χ0) is 23.1. The number of rotatable bonds is 1. The molecule has 1 unspecified atom stereocenters. The van der Waals surface area contributed by atoms with Crippen molar-refractivity contribution in [3.63, 3.8) is 0 Å². The molecule has 0 saturated carbocycles. The van der Waals surface area contributed by atoms with Crippen molar-refractivity contribution in [2.75, 3.05) is 6.61 Å². The highest BCUT2D eigenvalue weighted by atomic mass is 16.8. The van der Waals surface area contributed by atoms with E-state index in [1.54, 1.807) is 12.2 Å². The summed E-state index contributed by atoms with van der Waals surface area (Å²) in [7, 11) is 0. The van der Waals surface area contributed by atoms with Gasteiger partial charge in [0.1, 0.15) is 12.2 Å². The van der Waals surface area contributed by atoms with Crippen LogP contribution in [0.3, 0.4) is 0 Å². The average molecular weight is 447 g/mol. The Balaban J connectivity index is 1.72. The number of ether oxygens (including phenoxy) is 4. The van der Waals surface area contributed by atoms with Gasteiger partial charge in [-0.15, -0.1) is 0 Å². The summed E-state index contributed by atoms with van der Waals surface area (Å²) in [5.74, 6) is -0.707. The van der Waals surface area contributed by atoms with Crippen molar-refractivity contribution in [3.8, 4) is 0 Å². The molecule has 1 N–H and O–H groups in total. The molecule has 0 spiro atoms. The van der Waals surface area contributed by atoms with Gasteiger partial charge in [0.15, 0.2) is 5.79 Å². The van der Waals surface area contributed by atoms with Crippen molar-refractivity contribution in [1.29, 1.82) is 0 Å². The number of aliphatic hydroxyl groups excluding tert-OH is 1. The van der Waals surface area contributed by atoms with Gasteiger partial charge in [-0.2, -0.15) is 0 Å². The first-order valence-electron chi connectivity index (χ1n) is 11.7. The van der Waals surface area contributed by atoms with E-state index < -0.39 is 24.0 Å². The Morgan fingerprint density at radius 3 is 2.59 bits per heavy atom. The van der Waals surface area contributed by atoms with E-state index in [9.17, 15) is 9.90 Å². The number of hydrogen-bond donors (Lipinski definition) is 1. The number of hydrogen-bond acceptors (Lipinski definition) is 6. The van der Waals surface area contributed by atoms with E-state index in [0.29, 0.717) is 31.8 Å². The van der Waals surface area contributed by atoms with Crippen LogP contribution in [0.5, 0.6) is 0 Å². The highest BCUT2D eigenvalue weighted by Gasteiger charge is 2.38. The van der Waals surface area contributed by atoms with E-state index in [2.05, 4.69) is 25.7 Å². The van der Waals surface area contributed by atoms with Crippen LogP contribution in [0.2, 0.25) is 0 Å². The van der Waals surface area contributed by atoms with E-state index in [1.165, 1.54) is 6.08 Å². The van der Waals surface area contributed by atoms with E-state index in [0.717, 1.165) is 24.8 Å². The van der Waals surface area contributed by atoms with Gasteiger partial charge in [0.25, 0.3) is 0 Å². The van der Waals surface area contributed by atoms with Crippen LogP contribution in [0.15, 0.2) is 48.6 Å². The molecule has 6 nitrogen and oxygen atoms in total. The van der Waals surface area contributed by atoms with Crippen molar-refractivity contribution in [2.24, 2.45) is 5.92 Å². The number of carbonyl (C=O) groups is 1. The van der Waals surface area contributed by atoms with Gasteiger partial charge in [-0.1, -0.05) is 49.5 Å². The Bertz CT molecular complexity index is 737. The molecule has 0 amide bonds. The molecule has 1 saturated heterocycles. The van der Waals surface area contributed by atoms with E-state index >= 15 is 0 Å². The zero-order valence-electron chi connectivity index (χ0n) is 19.6. The Morgan fingerprint density at radius 2 is 1.84 bits per heavy atom. The average Bonchev–Trinajstić information content (AvgIpc) is 3.06. The first kappa shape index (κ1) is 24.9. The summed E-state index contributed by atoms with van der Waals surface area (Å²) in [5.41, 5.74) is 1.03. The molecule has 3 heterocycles. The Kier molecular flexibility index (Phi) is 8.88. The summed E-state index contributed by atoms with van der Waals surface area (Å²) in [6.07, 6.45) is 14.0. The number of carbonyl (C=O) groups excluding carboxylic acids is 1. The van der Waals surface area contributed by atoms with Crippen LogP contribution >= 0.6 is 0 Å². The van der Waals surface area contributed by atoms with E-state index in [-0.39, 0.29) is 18.3 Å². The van der Waals surface area contributed by atoms with Crippen LogP contribution in [0, 0.1) is 5.92 Å². The largest absolute Gasteiger partial charge is 0.456 e. The maximum Gasteiger partial charge on any atom is 0.330 e. The summed E-state index contributed by atoms with van der Waals surface area (Å²) >= 11 is 0. The zero-order valence-corrected chi connectivity index (χ0v) is 19.6. The first-order valence-corrected chi connectivity index (χ1v) is 11.7. The highest BCUT2D eigenvalue weighted by molar-refractivity contribution is 5.82. The van der Waals surface area contributed by atoms with Gasteiger partial charge in [-0.05, 0) is 51.9 Å². The Morgan fingerprint density at radius 1 is 1.06 bits per heavy atom. The minimum atomic E-state index is -0.711. The number of aliphatic hydroxyl groups is 1. The predicted molar refractivity (Wildman–Crippen MR) is 123 cm³/mol. The Labute approximate surface area is 191 Å². The van der Waals surface area contributed by atoms with Gasteiger partial charge in [0, 0.05) is 12.5 Å². The highest BCUT2D eigenvalue weighted by Crippen LogP contribution is 2.28. The van der Waals surface area contributed by atoms with Crippen molar-refractivity contribution in [2.45, 2.75) is 95.6 Å². The van der Waals surface area contributed by atoms with E-state index in [4.69, 9.17) is 18.9 Å². The quantitative estimate of drug-likeness (QED) is 0.476. The third-order valence-electron chi connectivity index (χ3n) is 5.98. The molecular weight excluding hydrogens is 408 g/mol. The molecule has 0 radical (unpaired) electrons. The summed E-state index contributed by atoms with van der Waals surface area (Å²) in [4.78, 5) is 12.5. The molecule has 1 fully saturated rings. The number of esters is 1. The standard InChI is InChI=1S/C26H38O6/c1-18-14-19(2)16-22-11-6-9-21(30-22)10-7-13-25(28)31-23(12-5-8-20(27)15-18)24-17-29-26(3,4)32-24/h5-9,13,19-24,27H,1,10-12,14-17H2,2-4H3/b8-5+,13-7-/t19-,20?,21-,22-,23-,24-/m0/s1. The molecule has 3 aliphatic rings. The van der Waals surface area contributed by atoms with Crippen molar-refractivity contribution in [3.05, 3.63) is 48.6 Å². The molecule has 3 aliphatic heterocycles. The van der Waals surface area contributed by atoms with Crippen molar-refractivity contribution >= 4 is 5.97 Å². The van der Waals surface area contributed by atoms with Crippen LogP contribution in [-0.2, 0) is 23.7 Å². The lowest BCUT2D eigenvalue weighted by molar-refractivity contribution is -0.166. The van der Waals surface area contributed by atoms with Crippen LogP contribution in [-0.4, -0.2) is 54.0 Å². The summed E-state index contributed by atoms with van der Waals surface area (Å²) in [5, 5.41) is 10.4. The van der Waals surface area contributed by atoms with Gasteiger partial charge in [0.05, 0.1) is 24.9 Å². The minimum Gasteiger partial charge on any atom is -0.456 e. The van der Waals surface area contributed by atoms with Crippen LogP contribution in [0.4, 0.5) is 0 Å². The molecule has 0 aromatic rings. The Hall–Kier alpha value is -1.73. The first-order chi connectivity index (χ1) is 15.2. The molecule has 6 heteroatoms. The lowest BCUT2D eigenvalue weighted by atomic mass is 9.91. The fraction of sp³-hybridized carbons (Fsp3) is 0.654. The number of fused-ring (bicyclic) bond motifs is 2. The van der Waals surface area contributed by atoms with Crippen molar-refractivity contribution < 1.29 is 28.8 Å². The molecule has 6 atom stereocenters. The second-order valence-electron chi connectivity index (χ2n) is 9.67. The minimum absolute atomic E-state index is 0.0417. The van der Waals surface area contributed by atoms with Gasteiger partial charge in [-0.3, -0.25) is 0 Å². The van der Waals surface area contributed by atoms with Crippen LogP contribution < -0.4 is 0 Å². The summed E-state index contributed by atoms with van der Waals surface area (Å²) < 4.78 is 23.5. The van der Waals surface area contributed by atoms with Crippen molar-refractivity contribution in [1.82, 2.24) is 0 Å². The SMILES string of the molecule is C=C1CC(O)/C=C/C[C@@H]([C@@H]2COC(C)(C)O2)OC(=O)/C=C\C[C@@H]2C=CC[C@@H](C[C@@H](C)C1)O2. The van der Waals surface area contributed by atoms with Gasteiger partial charge in [0.2, 0.25) is 0 Å². The molecular formula is C26H38O6. The summed E-state index contributed by atoms with van der Waals surface area (Å²) in [6.45, 7) is 10.4. The molecule has 3 rings (SSSR count). The van der Waals surface area contributed by atoms with Crippen LogP contribution in [0.1, 0.15) is 59.3 Å². The third-order valence-corrected chi connectivity index (χ3v) is 5.98. The third kappa shape index (κ3) is 8.00. The predicted octanol–water partition coefficient (Wildman–Crippen LogP) is 4.39. The lowest BCUT2D eigenvalue weighted by Gasteiger charge is -2.28. The second-order valence-corrected chi connectivity index (χ2v) is 9.67. The van der Waals surface area contributed by atoms with Gasteiger partial charge < -0.3 is 24.1 Å². The number of cyclic esters (lactones) is 1. The monoisotopic (exact) mass is 446 g/mol. The molecule has 0 aromatic heterocycles. The normalized spacial score (nSPS) is 39.0. The van der Waals surface area contributed by atoms with E-state index in [1.807, 2.05) is 19.9 Å². The fourth-order valence-electron chi connectivity index (χ4n) is 4.52. The second kappa shape index (κ2) is 11.4. The molecule has 178 valence electrons. The summed E-state index contributed by atoms with van der Waals surface area (Å²) in [6, 6.07) is 0. The lowest BCUT2D eigenvalue weighted by Crippen LogP contribution is -2.34. The molecule has 0 aromatic carbocycles. The molecule has 2 bridgehead atoms. The van der Waals surface area contributed by atoms with Gasteiger partial charge >= 0.3 is 5.97 Å². The fourth-order valence-corrected chi connectivity index (χ4v) is 4.52. The smallest absolute Gasteiger partial charge is 0.330 e. The van der Waals surface area contributed by atoms with Gasteiger partial charge in [-0.25, -0.2) is 4.79 Å².